The van der Waals surface area contributed by atoms with Crippen LogP contribution in [0.3, 0.4) is 0 Å². The summed E-state index contributed by atoms with van der Waals surface area (Å²) in [7, 11) is 0. The number of hydrogen-bond donors (Lipinski definition) is 0. The standard InChI is InChI=1S/C11H14O2/c1-2-10(12)6-3-4-7-11-8-5-9-13-11/h2,5,8-9H,1,3-4,6-7H2. The Labute approximate surface area is 78.3 Å². The summed E-state index contributed by atoms with van der Waals surface area (Å²) in [4.78, 5) is 10.8. The second-order valence-corrected chi connectivity index (χ2v) is 2.96. The van der Waals surface area contributed by atoms with Crippen LogP contribution in [0.5, 0.6) is 0 Å². The maximum absolute atomic E-state index is 10.8. The van der Waals surface area contributed by atoms with Gasteiger partial charge in [0.15, 0.2) is 5.78 Å². The normalized spacial score (nSPS) is 9.85. The Hall–Kier alpha value is -1.31. The molecule has 0 saturated heterocycles. The average Bonchev–Trinajstić information content (AvgIpc) is 2.64. The van der Waals surface area contributed by atoms with Gasteiger partial charge in [-0.1, -0.05) is 6.58 Å². The third-order valence-corrected chi connectivity index (χ3v) is 1.90. The first-order valence-electron chi connectivity index (χ1n) is 4.50. The number of allylic oxidation sites excluding steroid dienone is 1. The zero-order chi connectivity index (χ0) is 9.52. The molecule has 0 amide bonds. The van der Waals surface area contributed by atoms with Gasteiger partial charge in [0.1, 0.15) is 5.76 Å². The highest BCUT2D eigenvalue weighted by atomic mass is 16.3. The van der Waals surface area contributed by atoms with Crippen LogP contribution in [-0.4, -0.2) is 5.78 Å². The van der Waals surface area contributed by atoms with Crippen molar-refractivity contribution in [3.63, 3.8) is 0 Å². The molecule has 1 heterocycles. The van der Waals surface area contributed by atoms with E-state index >= 15 is 0 Å². The minimum Gasteiger partial charge on any atom is -0.469 e. The first-order chi connectivity index (χ1) is 6.33. The Kier molecular flexibility index (Phi) is 4.03. The molecular formula is C11H14O2. The first kappa shape index (κ1) is 9.78. The third-order valence-electron chi connectivity index (χ3n) is 1.90. The van der Waals surface area contributed by atoms with Gasteiger partial charge in [-0.3, -0.25) is 4.79 Å². The van der Waals surface area contributed by atoms with Gasteiger partial charge >= 0.3 is 0 Å². The van der Waals surface area contributed by atoms with E-state index in [-0.39, 0.29) is 5.78 Å². The van der Waals surface area contributed by atoms with Crippen molar-refractivity contribution in [1.29, 1.82) is 0 Å². The van der Waals surface area contributed by atoms with Gasteiger partial charge in [0.25, 0.3) is 0 Å². The highest BCUT2D eigenvalue weighted by Crippen LogP contribution is 2.07. The summed E-state index contributed by atoms with van der Waals surface area (Å²) in [6, 6.07) is 3.83. The molecule has 0 N–H and O–H groups in total. The summed E-state index contributed by atoms with van der Waals surface area (Å²) in [6.45, 7) is 3.42. The van der Waals surface area contributed by atoms with Gasteiger partial charge in [-0.2, -0.15) is 0 Å². The summed E-state index contributed by atoms with van der Waals surface area (Å²) in [5, 5.41) is 0. The molecule has 0 aliphatic rings. The molecule has 2 heteroatoms. The Morgan fingerprint density at radius 1 is 1.54 bits per heavy atom. The minimum absolute atomic E-state index is 0.124. The smallest absolute Gasteiger partial charge is 0.155 e. The summed E-state index contributed by atoms with van der Waals surface area (Å²) in [6.07, 6.45) is 6.47. The molecule has 0 fully saturated rings. The van der Waals surface area contributed by atoms with Crippen LogP contribution in [0.4, 0.5) is 0 Å². The number of aryl methyl sites for hydroxylation is 1. The van der Waals surface area contributed by atoms with E-state index in [2.05, 4.69) is 6.58 Å². The number of ketones is 1. The van der Waals surface area contributed by atoms with Gasteiger partial charge in [0.05, 0.1) is 6.26 Å². The van der Waals surface area contributed by atoms with Crippen LogP contribution >= 0.6 is 0 Å². The van der Waals surface area contributed by atoms with Gasteiger partial charge in [0.2, 0.25) is 0 Å². The summed E-state index contributed by atoms with van der Waals surface area (Å²) in [5.74, 6) is 1.12. The number of carbonyl (C=O) groups excluding carboxylic acids is 1. The lowest BCUT2D eigenvalue weighted by Crippen LogP contribution is -1.92. The Bertz CT molecular complexity index is 260. The van der Waals surface area contributed by atoms with Crippen LogP contribution in [0.25, 0.3) is 0 Å². The molecule has 1 rings (SSSR count). The van der Waals surface area contributed by atoms with Crippen LogP contribution in [0, 0.1) is 0 Å². The van der Waals surface area contributed by atoms with Crippen LogP contribution in [0.1, 0.15) is 25.0 Å². The van der Waals surface area contributed by atoms with Crippen molar-refractivity contribution >= 4 is 5.78 Å². The van der Waals surface area contributed by atoms with Crippen LogP contribution in [-0.2, 0) is 11.2 Å². The Balaban J connectivity index is 2.08. The van der Waals surface area contributed by atoms with Crippen molar-refractivity contribution in [2.24, 2.45) is 0 Å². The van der Waals surface area contributed by atoms with Gasteiger partial charge in [-0.15, -0.1) is 0 Å². The molecule has 0 spiro atoms. The fraction of sp³-hybridized carbons (Fsp3) is 0.364. The van der Waals surface area contributed by atoms with Crippen LogP contribution in [0.2, 0.25) is 0 Å². The molecule has 0 aliphatic carbocycles. The molecule has 0 unspecified atom stereocenters. The lowest BCUT2D eigenvalue weighted by atomic mass is 10.1. The second kappa shape index (κ2) is 5.36. The summed E-state index contributed by atoms with van der Waals surface area (Å²) >= 11 is 0. The zero-order valence-corrected chi connectivity index (χ0v) is 7.66. The van der Waals surface area contributed by atoms with E-state index in [1.54, 1.807) is 6.26 Å². The van der Waals surface area contributed by atoms with E-state index in [9.17, 15) is 4.79 Å². The van der Waals surface area contributed by atoms with E-state index in [0.29, 0.717) is 6.42 Å². The van der Waals surface area contributed by atoms with Crippen molar-refractivity contribution in [2.75, 3.05) is 0 Å². The molecular weight excluding hydrogens is 164 g/mol. The third kappa shape index (κ3) is 3.74. The first-order valence-corrected chi connectivity index (χ1v) is 4.50. The second-order valence-electron chi connectivity index (χ2n) is 2.96. The van der Waals surface area contributed by atoms with Crippen molar-refractivity contribution in [2.45, 2.75) is 25.7 Å². The Morgan fingerprint density at radius 3 is 3.00 bits per heavy atom. The molecule has 0 bridgehead atoms. The molecule has 0 aromatic carbocycles. The van der Waals surface area contributed by atoms with E-state index in [1.807, 2.05) is 12.1 Å². The highest BCUT2D eigenvalue weighted by molar-refractivity contribution is 5.88. The predicted octanol–water partition coefficient (Wildman–Crippen LogP) is 2.75. The number of carbonyl (C=O) groups is 1. The number of rotatable bonds is 6. The zero-order valence-electron chi connectivity index (χ0n) is 7.66. The van der Waals surface area contributed by atoms with Crippen LogP contribution in [0.15, 0.2) is 35.5 Å². The molecule has 0 saturated carbocycles. The molecule has 1 aromatic heterocycles. The topological polar surface area (TPSA) is 30.2 Å². The Morgan fingerprint density at radius 2 is 2.38 bits per heavy atom. The van der Waals surface area contributed by atoms with Gasteiger partial charge in [0, 0.05) is 12.8 Å². The molecule has 13 heavy (non-hydrogen) atoms. The SMILES string of the molecule is C=CC(=O)CCCCc1ccco1. The van der Waals surface area contributed by atoms with Crippen molar-refractivity contribution < 1.29 is 9.21 Å². The van der Waals surface area contributed by atoms with E-state index in [1.165, 1.54) is 6.08 Å². The largest absolute Gasteiger partial charge is 0.469 e. The van der Waals surface area contributed by atoms with Gasteiger partial charge in [-0.05, 0) is 31.1 Å². The molecule has 0 aliphatic heterocycles. The molecule has 70 valence electrons. The summed E-state index contributed by atoms with van der Waals surface area (Å²) < 4.78 is 5.16. The van der Waals surface area contributed by atoms with E-state index < -0.39 is 0 Å². The number of furan rings is 1. The predicted molar refractivity (Wildman–Crippen MR) is 51.5 cm³/mol. The van der Waals surface area contributed by atoms with Gasteiger partial charge < -0.3 is 4.42 Å². The maximum Gasteiger partial charge on any atom is 0.155 e. The van der Waals surface area contributed by atoms with Crippen molar-refractivity contribution in [3.8, 4) is 0 Å². The molecule has 0 atom stereocenters. The maximum atomic E-state index is 10.8. The number of hydrogen-bond acceptors (Lipinski definition) is 2. The van der Waals surface area contributed by atoms with Crippen molar-refractivity contribution in [3.05, 3.63) is 36.8 Å². The lowest BCUT2D eigenvalue weighted by molar-refractivity contribution is -0.114. The highest BCUT2D eigenvalue weighted by Gasteiger charge is 1.98. The molecule has 1 aromatic rings. The monoisotopic (exact) mass is 178 g/mol. The van der Waals surface area contributed by atoms with E-state index in [0.717, 1.165) is 25.0 Å². The fourth-order valence-electron chi connectivity index (χ4n) is 1.16. The molecule has 2 nitrogen and oxygen atoms in total. The van der Waals surface area contributed by atoms with Crippen molar-refractivity contribution in [1.82, 2.24) is 0 Å². The fourth-order valence-corrected chi connectivity index (χ4v) is 1.16. The van der Waals surface area contributed by atoms with Gasteiger partial charge in [-0.25, -0.2) is 0 Å². The lowest BCUT2D eigenvalue weighted by Gasteiger charge is -1.95. The van der Waals surface area contributed by atoms with E-state index in [4.69, 9.17) is 4.42 Å². The molecule has 0 radical (unpaired) electrons. The number of unbranched alkanes of at least 4 members (excludes halogenated alkanes) is 1. The quantitative estimate of drug-likeness (QED) is 0.495. The average molecular weight is 178 g/mol. The van der Waals surface area contributed by atoms with Crippen LogP contribution < -0.4 is 0 Å². The summed E-state index contributed by atoms with van der Waals surface area (Å²) in [5.41, 5.74) is 0. The minimum atomic E-state index is 0.124.